The van der Waals surface area contributed by atoms with Crippen LogP contribution in [0, 0.1) is 0 Å². The molecule has 0 atom stereocenters. The minimum absolute atomic E-state index is 0. The molecule has 2 rings (SSSR count). The van der Waals surface area contributed by atoms with Crippen molar-refractivity contribution >= 4 is 30.0 Å². The summed E-state index contributed by atoms with van der Waals surface area (Å²) in [6.45, 7) is 7.56. The van der Waals surface area contributed by atoms with Crippen molar-refractivity contribution in [2.45, 2.75) is 33.6 Å². The van der Waals surface area contributed by atoms with Crippen molar-refractivity contribution in [3.05, 3.63) is 52.4 Å². The zero-order valence-corrected chi connectivity index (χ0v) is 16.2. The number of esters is 2. The number of anilines is 1. The van der Waals surface area contributed by atoms with Gasteiger partial charge in [-0.2, -0.15) is 0 Å². The van der Waals surface area contributed by atoms with E-state index in [9.17, 15) is 9.59 Å². The molecule has 1 aromatic rings. The fourth-order valence-electron chi connectivity index (χ4n) is 3.02. The van der Waals surface area contributed by atoms with Gasteiger partial charge in [0.1, 0.15) is 0 Å². The van der Waals surface area contributed by atoms with E-state index < -0.39 is 17.9 Å². The van der Waals surface area contributed by atoms with Gasteiger partial charge in [-0.05, 0) is 45.4 Å². The zero-order chi connectivity index (χ0) is 18.6. The van der Waals surface area contributed by atoms with Crippen LogP contribution in [0.3, 0.4) is 0 Å². The molecule has 3 N–H and O–H groups in total. The Morgan fingerprint density at radius 3 is 1.96 bits per heavy atom. The lowest BCUT2D eigenvalue weighted by atomic mass is 9.80. The molecule has 6 nitrogen and oxygen atoms in total. The summed E-state index contributed by atoms with van der Waals surface area (Å²) in [5.41, 5.74) is 9.29. The molecular weight excluding hydrogens is 356 g/mol. The topological polar surface area (TPSA) is 90.6 Å². The number of benzene rings is 1. The SMILES string of the molecule is CCOC(=O)C1=C(C)NC(C)=C(C(=O)OCC)C1c1cccc(N)c1.Cl. The molecule has 142 valence electrons. The van der Waals surface area contributed by atoms with E-state index in [-0.39, 0.29) is 25.6 Å². The fraction of sp³-hybridized carbons (Fsp3) is 0.368. The highest BCUT2D eigenvalue weighted by atomic mass is 35.5. The number of halogens is 1. The summed E-state index contributed by atoms with van der Waals surface area (Å²) in [5, 5.41) is 3.10. The Balaban J connectivity index is 0.00000338. The molecule has 1 aliphatic heterocycles. The summed E-state index contributed by atoms with van der Waals surface area (Å²) in [5.74, 6) is -1.52. The average molecular weight is 381 g/mol. The first-order valence-electron chi connectivity index (χ1n) is 8.28. The van der Waals surface area contributed by atoms with Crippen LogP contribution in [0.15, 0.2) is 46.8 Å². The van der Waals surface area contributed by atoms with Crippen LogP contribution < -0.4 is 11.1 Å². The fourth-order valence-corrected chi connectivity index (χ4v) is 3.02. The van der Waals surface area contributed by atoms with Gasteiger partial charge < -0.3 is 20.5 Å². The molecule has 1 heterocycles. The molecule has 7 heteroatoms. The van der Waals surface area contributed by atoms with Gasteiger partial charge in [-0.15, -0.1) is 12.4 Å². The van der Waals surface area contributed by atoms with E-state index in [1.165, 1.54) is 0 Å². The number of nitrogens with one attached hydrogen (secondary N) is 1. The van der Waals surface area contributed by atoms with Crippen molar-refractivity contribution in [2.75, 3.05) is 18.9 Å². The predicted molar refractivity (Wildman–Crippen MR) is 103 cm³/mol. The first kappa shape index (κ1) is 21.6. The second-order valence-corrected chi connectivity index (χ2v) is 5.75. The summed E-state index contributed by atoms with van der Waals surface area (Å²) >= 11 is 0. The highest BCUT2D eigenvalue weighted by molar-refractivity contribution is 6.00. The lowest BCUT2D eigenvalue weighted by Gasteiger charge is -2.30. The van der Waals surface area contributed by atoms with E-state index in [1.54, 1.807) is 45.9 Å². The predicted octanol–water partition coefficient (Wildman–Crippen LogP) is 3.05. The summed E-state index contributed by atoms with van der Waals surface area (Å²) < 4.78 is 10.4. The van der Waals surface area contributed by atoms with Gasteiger partial charge >= 0.3 is 11.9 Å². The van der Waals surface area contributed by atoms with Gasteiger partial charge in [0, 0.05) is 17.1 Å². The summed E-state index contributed by atoms with van der Waals surface area (Å²) in [4.78, 5) is 25.2. The van der Waals surface area contributed by atoms with Crippen LogP contribution in [0.25, 0.3) is 0 Å². The monoisotopic (exact) mass is 380 g/mol. The molecule has 0 aliphatic carbocycles. The van der Waals surface area contributed by atoms with E-state index >= 15 is 0 Å². The van der Waals surface area contributed by atoms with E-state index in [1.807, 2.05) is 6.07 Å². The molecule has 1 aliphatic rings. The second kappa shape index (κ2) is 9.29. The summed E-state index contributed by atoms with van der Waals surface area (Å²) in [6.07, 6.45) is 0. The normalized spacial score (nSPS) is 14.5. The first-order chi connectivity index (χ1) is 11.9. The molecule has 1 aromatic carbocycles. The molecule has 0 fully saturated rings. The number of carbonyl (C=O) groups is 2. The van der Waals surface area contributed by atoms with Crippen LogP contribution in [0.4, 0.5) is 5.69 Å². The number of ether oxygens (including phenoxy) is 2. The maximum absolute atomic E-state index is 12.6. The summed E-state index contributed by atoms with van der Waals surface area (Å²) in [6, 6.07) is 7.15. The van der Waals surface area contributed by atoms with Crippen molar-refractivity contribution in [3.8, 4) is 0 Å². The Morgan fingerprint density at radius 2 is 1.54 bits per heavy atom. The number of nitrogens with two attached hydrogens (primary N) is 1. The van der Waals surface area contributed by atoms with Crippen LogP contribution >= 0.6 is 12.4 Å². The van der Waals surface area contributed by atoms with Gasteiger partial charge in [0.25, 0.3) is 0 Å². The Hall–Kier alpha value is -2.47. The van der Waals surface area contributed by atoms with Gasteiger partial charge in [0.2, 0.25) is 0 Å². The average Bonchev–Trinajstić information content (AvgIpc) is 2.54. The van der Waals surface area contributed by atoms with Gasteiger partial charge in [-0.3, -0.25) is 0 Å². The number of hydrogen-bond acceptors (Lipinski definition) is 6. The Labute approximate surface area is 159 Å². The molecular formula is C19H25ClN2O4. The summed E-state index contributed by atoms with van der Waals surface area (Å²) in [7, 11) is 0. The van der Waals surface area contributed by atoms with Gasteiger partial charge in [0.15, 0.2) is 0 Å². The minimum atomic E-state index is -0.595. The lowest BCUT2D eigenvalue weighted by Crippen LogP contribution is -2.32. The van der Waals surface area contributed by atoms with Crippen molar-refractivity contribution in [2.24, 2.45) is 0 Å². The van der Waals surface area contributed by atoms with Crippen LogP contribution in [-0.4, -0.2) is 25.2 Å². The third-order valence-corrected chi connectivity index (χ3v) is 4.00. The van der Waals surface area contributed by atoms with Gasteiger partial charge in [-0.1, -0.05) is 12.1 Å². The zero-order valence-electron chi connectivity index (χ0n) is 15.4. The van der Waals surface area contributed by atoms with Crippen molar-refractivity contribution < 1.29 is 19.1 Å². The smallest absolute Gasteiger partial charge is 0.336 e. The molecule has 0 saturated carbocycles. The Kier molecular flexibility index (Phi) is 7.71. The molecule has 0 saturated heterocycles. The van der Waals surface area contributed by atoms with E-state index in [0.717, 1.165) is 5.56 Å². The minimum Gasteiger partial charge on any atom is -0.463 e. The number of nitrogen functional groups attached to an aromatic ring is 1. The maximum atomic E-state index is 12.6. The third-order valence-electron chi connectivity index (χ3n) is 4.00. The van der Waals surface area contributed by atoms with E-state index in [4.69, 9.17) is 15.2 Å². The highest BCUT2D eigenvalue weighted by Crippen LogP contribution is 2.39. The number of allylic oxidation sites excluding steroid dienone is 2. The van der Waals surface area contributed by atoms with E-state index in [2.05, 4.69) is 5.32 Å². The standard InChI is InChI=1S/C19H24N2O4.ClH/c1-5-24-18(22)15-11(3)21-12(4)16(19(23)25-6-2)17(15)13-8-7-9-14(20)10-13;/h7-10,17,21H,5-6,20H2,1-4H3;1H. The number of rotatable bonds is 5. The van der Waals surface area contributed by atoms with Crippen molar-refractivity contribution in [1.82, 2.24) is 5.32 Å². The number of dihydropyridines is 1. The van der Waals surface area contributed by atoms with E-state index in [0.29, 0.717) is 28.2 Å². The molecule has 0 amide bonds. The highest BCUT2D eigenvalue weighted by Gasteiger charge is 2.37. The number of carbonyl (C=O) groups excluding carboxylic acids is 2. The third kappa shape index (κ3) is 4.38. The lowest BCUT2D eigenvalue weighted by molar-refractivity contribution is -0.139. The van der Waals surface area contributed by atoms with Crippen LogP contribution in [0.2, 0.25) is 0 Å². The second-order valence-electron chi connectivity index (χ2n) is 5.75. The van der Waals surface area contributed by atoms with Crippen LogP contribution in [-0.2, 0) is 19.1 Å². The molecule has 26 heavy (non-hydrogen) atoms. The molecule has 0 aromatic heterocycles. The number of hydrogen-bond donors (Lipinski definition) is 2. The van der Waals surface area contributed by atoms with Gasteiger partial charge in [0.05, 0.1) is 30.3 Å². The Bertz CT molecular complexity index is 716. The molecule has 0 bridgehead atoms. The molecule has 0 radical (unpaired) electrons. The maximum Gasteiger partial charge on any atom is 0.336 e. The Morgan fingerprint density at radius 1 is 1.04 bits per heavy atom. The quantitative estimate of drug-likeness (QED) is 0.602. The van der Waals surface area contributed by atoms with Crippen molar-refractivity contribution in [1.29, 1.82) is 0 Å². The largest absolute Gasteiger partial charge is 0.463 e. The van der Waals surface area contributed by atoms with Crippen LogP contribution in [0.1, 0.15) is 39.2 Å². The molecule has 0 spiro atoms. The van der Waals surface area contributed by atoms with Gasteiger partial charge in [-0.25, -0.2) is 9.59 Å². The molecule has 0 unspecified atom stereocenters. The van der Waals surface area contributed by atoms with Crippen molar-refractivity contribution in [3.63, 3.8) is 0 Å². The first-order valence-corrected chi connectivity index (χ1v) is 8.28. The van der Waals surface area contributed by atoms with Crippen LogP contribution in [0.5, 0.6) is 0 Å².